The molecule has 21 heavy (non-hydrogen) atoms. The lowest BCUT2D eigenvalue weighted by Crippen LogP contribution is -2.47. The number of methoxy groups -OCH3 is 1. The van der Waals surface area contributed by atoms with Crippen LogP contribution >= 0.6 is 11.6 Å². The lowest BCUT2D eigenvalue weighted by molar-refractivity contribution is -0.122. The van der Waals surface area contributed by atoms with Gasteiger partial charge in [-0.15, -0.1) is 0 Å². The maximum absolute atomic E-state index is 12.4. The van der Waals surface area contributed by atoms with Gasteiger partial charge in [-0.05, 0) is 44.4 Å². The van der Waals surface area contributed by atoms with Crippen molar-refractivity contribution in [2.75, 3.05) is 7.11 Å². The molecule has 2 rings (SSSR count). The first kappa shape index (κ1) is 16.2. The molecule has 1 N–H and O–H groups in total. The van der Waals surface area contributed by atoms with Crippen molar-refractivity contribution in [1.29, 1.82) is 0 Å². The number of rotatable bonds is 4. The minimum Gasteiger partial charge on any atom is -0.496 e. The number of aryl methyl sites for hydroxylation is 1. The highest BCUT2D eigenvalue weighted by Gasteiger charge is 2.28. The highest BCUT2D eigenvalue weighted by molar-refractivity contribution is 6.30. The SMILES string of the molecule is COc1cc(Cl)cc(C)c1CC(=O)NC1(C)CCCCC1. The standard InChI is InChI=1S/C17H24ClNO2/c1-12-9-13(18)10-15(21-3)14(12)11-16(20)19-17(2)7-5-4-6-8-17/h9-10H,4-8,11H2,1-3H3,(H,19,20). The molecule has 1 aliphatic carbocycles. The van der Waals surface area contributed by atoms with Gasteiger partial charge in [0.25, 0.3) is 0 Å². The molecule has 1 aromatic rings. The van der Waals surface area contributed by atoms with Crippen LogP contribution in [0.2, 0.25) is 5.02 Å². The molecule has 116 valence electrons. The topological polar surface area (TPSA) is 38.3 Å². The van der Waals surface area contributed by atoms with Gasteiger partial charge in [0.2, 0.25) is 5.91 Å². The summed E-state index contributed by atoms with van der Waals surface area (Å²) in [6.07, 6.45) is 6.13. The number of carbonyl (C=O) groups is 1. The predicted molar refractivity (Wildman–Crippen MR) is 86.1 cm³/mol. The number of nitrogens with one attached hydrogen (secondary N) is 1. The van der Waals surface area contributed by atoms with E-state index in [1.807, 2.05) is 13.0 Å². The average Bonchev–Trinajstić information content (AvgIpc) is 2.41. The highest BCUT2D eigenvalue weighted by atomic mass is 35.5. The highest BCUT2D eigenvalue weighted by Crippen LogP contribution is 2.29. The van der Waals surface area contributed by atoms with E-state index in [4.69, 9.17) is 16.3 Å². The van der Waals surface area contributed by atoms with Gasteiger partial charge in [-0.3, -0.25) is 4.79 Å². The van der Waals surface area contributed by atoms with Crippen molar-refractivity contribution in [2.45, 2.75) is 57.9 Å². The molecule has 1 saturated carbocycles. The second-order valence-corrected chi connectivity index (χ2v) is 6.69. The van der Waals surface area contributed by atoms with Crippen LogP contribution in [0.1, 0.15) is 50.2 Å². The molecule has 1 aromatic carbocycles. The molecule has 0 spiro atoms. The van der Waals surface area contributed by atoms with Gasteiger partial charge >= 0.3 is 0 Å². The normalized spacial score (nSPS) is 17.3. The summed E-state index contributed by atoms with van der Waals surface area (Å²) >= 11 is 6.03. The molecule has 0 saturated heterocycles. The van der Waals surface area contributed by atoms with Crippen LogP contribution < -0.4 is 10.1 Å². The van der Waals surface area contributed by atoms with Crippen molar-refractivity contribution >= 4 is 17.5 Å². The molecule has 4 heteroatoms. The Labute approximate surface area is 132 Å². The summed E-state index contributed by atoms with van der Waals surface area (Å²) in [5.74, 6) is 0.743. The Bertz CT molecular complexity index is 522. The van der Waals surface area contributed by atoms with Crippen molar-refractivity contribution in [3.8, 4) is 5.75 Å². The molecule has 1 fully saturated rings. The monoisotopic (exact) mass is 309 g/mol. The van der Waals surface area contributed by atoms with E-state index in [0.717, 1.165) is 24.0 Å². The average molecular weight is 310 g/mol. The van der Waals surface area contributed by atoms with E-state index >= 15 is 0 Å². The van der Waals surface area contributed by atoms with Gasteiger partial charge in [0.15, 0.2) is 0 Å². The molecule has 0 aliphatic heterocycles. The van der Waals surface area contributed by atoms with Crippen LogP contribution in [0, 0.1) is 6.92 Å². The summed E-state index contributed by atoms with van der Waals surface area (Å²) in [5.41, 5.74) is 1.85. The van der Waals surface area contributed by atoms with E-state index in [-0.39, 0.29) is 11.4 Å². The third kappa shape index (κ3) is 4.13. The first-order valence-corrected chi connectivity index (χ1v) is 7.95. The van der Waals surface area contributed by atoms with E-state index in [1.165, 1.54) is 19.3 Å². The van der Waals surface area contributed by atoms with E-state index < -0.39 is 0 Å². The Hall–Kier alpha value is -1.22. The van der Waals surface area contributed by atoms with Gasteiger partial charge in [-0.25, -0.2) is 0 Å². The fourth-order valence-electron chi connectivity index (χ4n) is 3.15. The number of amides is 1. The van der Waals surface area contributed by atoms with Crippen LogP contribution in [0.5, 0.6) is 5.75 Å². The number of hydrogen-bond donors (Lipinski definition) is 1. The fourth-order valence-corrected chi connectivity index (χ4v) is 3.41. The number of halogens is 1. The summed E-state index contributed by atoms with van der Waals surface area (Å²) in [5, 5.41) is 3.84. The summed E-state index contributed by atoms with van der Waals surface area (Å²) in [6.45, 7) is 4.11. The Morgan fingerprint density at radius 1 is 1.33 bits per heavy atom. The first-order valence-electron chi connectivity index (χ1n) is 7.57. The zero-order chi connectivity index (χ0) is 15.5. The van der Waals surface area contributed by atoms with E-state index in [9.17, 15) is 4.79 Å². The molecule has 0 bridgehead atoms. The number of carbonyl (C=O) groups excluding carboxylic acids is 1. The van der Waals surface area contributed by atoms with Crippen LogP contribution in [-0.2, 0) is 11.2 Å². The third-order valence-electron chi connectivity index (χ3n) is 4.35. The van der Waals surface area contributed by atoms with Crippen LogP contribution in [0.15, 0.2) is 12.1 Å². The zero-order valence-electron chi connectivity index (χ0n) is 13.1. The quantitative estimate of drug-likeness (QED) is 0.911. The first-order chi connectivity index (χ1) is 9.93. The van der Waals surface area contributed by atoms with Crippen molar-refractivity contribution in [3.63, 3.8) is 0 Å². The lowest BCUT2D eigenvalue weighted by Gasteiger charge is -2.34. The van der Waals surface area contributed by atoms with E-state index in [1.54, 1.807) is 13.2 Å². The molecule has 1 amide bonds. The van der Waals surface area contributed by atoms with E-state index in [2.05, 4.69) is 12.2 Å². The largest absolute Gasteiger partial charge is 0.496 e. The van der Waals surface area contributed by atoms with Gasteiger partial charge < -0.3 is 10.1 Å². The number of benzene rings is 1. The van der Waals surface area contributed by atoms with Crippen molar-refractivity contribution < 1.29 is 9.53 Å². The van der Waals surface area contributed by atoms with E-state index in [0.29, 0.717) is 17.2 Å². The Morgan fingerprint density at radius 3 is 2.62 bits per heavy atom. The van der Waals surface area contributed by atoms with Gasteiger partial charge in [-0.2, -0.15) is 0 Å². The minimum atomic E-state index is -0.0527. The van der Waals surface area contributed by atoms with Gasteiger partial charge in [0, 0.05) is 16.1 Å². The predicted octanol–water partition coefficient (Wildman–Crippen LogP) is 4.04. The van der Waals surface area contributed by atoms with Crippen LogP contribution in [0.25, 0.3) is 0 Å². The molecule has 0 atom stereocenters. The third-order valence-corrected chi connectivity index (χ3v) is 4.57. The van der Waals surface area contributed by atoms with Gasteiger partial charge in [-0.1, -0.05) is 30.9 Å². The minimum absolute atomic E-state index is 0.0527. The van der Waals surface area contributed by atoms with Gasteiger partial charge in [0.1, 0.15) is 5.75 Å². The molecule has 0 unspecified atom stereocenters. The van der Waals surface area contributed by atoms with Crippen LogP contribution in [-0.4, -0.2) is 18.6 Å². The second-order valence-electron chi connectivity index (χ2n) is 6.25. The van der Waals surface area contributed by atoms with Crippen molar-refractivity contribution in [3.05, 3.63) is 28.3 Å². The summed E-state index contributed by atoms with van der Waals surface area (Å²) in [4.78, 5) is 12.4. The molecular formula is C17H24ClNO2. The fraction of sp³-hybridized carbons (Fsp3) is 0.588. The molecule has 1 aliphatic rings. The zero-order valence-corrected chi connectivity index (χ0v) is 13.8. The van der Waals surface area contributed by atoms with Gasteiger partial charge in [0.05, 0.1) is 13.5 Å². The summed E-state index contributed by atoms with van der Waals surface area (Å²) in [7, 11) is 1.61. The molecule has 0 radical (unpaired) electrons. The molecule has 0 aromatic heterocycles. The smallest absolute Gasteiger partial charge is 0.224 e. The second kappa shape index (κ2) is 6.69. The summed E-state index contributed by atoms with van der Waals surface area (Å²) in [6, 6.07) is 3.63. The maximum atomic E-state index is 12.4. The Morgan fingerprint density at radius 2 is 2.00 bits per heavy atom. The maximum Gasteiger partial charge on any atom is 0.224 e. The summed E-state index contributed by atoms with van der Waals surface area (Å²) < 4.78 is 5.36. The van der Waals surface area contributed by atoms with Crippen molar-refractivity contribution in [2.24, 2.45) is 0 Å². The van der Waals surface area contributed by atoms with Crippen LogP contribution in [0.3, 0.4) is 0 Å². The number of ether oxygens (including phenoxy) is 1. The van der Waals surface area contributed by atoms with Crippen LogP contribution in [0.4, 0.5) is 0 Å². The molecular weight excluding hydrogens is 286 g/mol. The Balaban J connectivity index is 2.09. The Kier molecular flexibility index (Phi) is 5.15. The number of hydrogen-bond acceptors (Lipinski definition) is 2. The molecule has 3 nitrogen and oxygen atoms in total. The lowest BCUT2D eigenvalue weighted by atomic mass is 9.83. The molecule has 0 heterocycles. The van der Waals surface area contributed by atoms with Crippen molar-refractivity contribution in [1.82, 2.24) is 5.32 Å².